The van der Waals surface area contributed by atoms with E-state index in [0.29, 0.717) is 5.69 Å². The van der Waals surface area contributed by atoms with Gasteiger partial charge in [0.1, 0.15) is 11.2 Å². The predicted octanol–water partition coefficient (Wildman–Crippen LogP) is 1.17. The summed E-state index contributed by atoms with van der Waals surface area (Å²) in [6.07, 6.45) is 3.37. The topological polar surface area (TPSA) is 47.8 Å². The summed E-state index contributed by atoms with van der Waals surface area (Å²) in [7, 11) is 1.89. The van der Waals surface area contributed by atoms with Crippen LogP contribution in [0, 0.1) is 0 Å². The first-order valence-corrected chi connectivity index (χ1v) is 3.97. The van der Waals surface area contributed by atoms with Crippen LogP contribution in [-0.4, -0.2) is 20.3 Å². The van der Waals surface area contributed by atoms with E-state index in [1.807, 2.05) is 23.9 Å². The Morgan fingerprint density at radius 2 is 2.31 bits per heavy atom. The maximum Gasteiger partial charge on any atom is 0.179 e. The number of hydrogen-bond acceptors (Lipinski definition) is 3. The molecule has 2 aromatic rings. The summed E-state index contributed by atoms with van der Waals surface area (Å²) in [6.45, 7) is 1.48. The summed E-state index contributed by atoms with van der Waals surface area (Å²) in [6, 6.07) is 1.84. The van der Waals surface area contributed by atoms with Gasteiger partial charge in [0.25, 0.3) is 0 Å². The summed E-state index contributed by atoms with van der Waals surface area (Å²) in [5, 5.41) is 0. The van der Waals surface area contributed by atoms with E-state index in [4.69, 9.17) is 0 Å². The van der Waals surface area contributed by atoms with E-state index in [2.05, 4.69) is 9.97 Å². The van der Waals surface area contributed by atoms with Gasteiger partial charge in [-0.05, 0) is 6.07 Å². The van der Waals surface area contributed by atoms with Crippen molar-refractivity contribution in [3.63, 3.8) is 0 Å². The first-order chi connectivity index (χ1) is 6.18. The molecule has 0 atom stereocenters. The van der Waals surface area contributed by atoms with E-state index >= 15 is 0 Å². The Kier molecular flexibility index (Phi) is 1.62. The van der Waals surface area contributed by atoms with Crippen LogP contribution in [0.2, 0.25) is 0 Å². The molecule has 0 spiro atoms. The Morgan fingerprint density at radius 3 is 3.00 bits per heavy atom. The zero-order valence-corrected chi connectivity index (χ0v) is 7.48. The number of aryl methyl sites for hydroxylation is 1. The minimum Gasteiger partial charge on any atom is -0.334 e. The predicted molar refractivity (Wildman–Crippen MR) is 48.5 cm³/mol. The van der Waals surface area contributed by atoms with E-state index in [1.54, 1.807) is 0 Å². The number of fused-ring (bicyclic) bond motifs is 1. The van der Waals surface area contributed by atoms with Gasteiger partial charge in [0.05, 0.1) is 6.20 Å². The van der Waals surface area contributed by atoms with Gasteiger partial charge in [-0.1, -0.05) is 0 Å². The maximum absolute atomic E-state index is 11.0. The van der Waals surface area contributed by atoms with E-state index in [1.165, 1.54) is 13.1 Å². The second-order valence-electron chi connectivity index (χ2n) is 2.95. The molecule has 0 N–H and O–H groups in total. The summed E-state index contributed by atoms with van der Waals surface area (Å²) in [4.78, 5) is 19.3. The first-order valence-electron chi connectivity index (χ1n) is 3.97. The van der Waals surface area contributed by atoms with Crippen LogP contribution < -0.4 is 0 Å². The Bertz CT molecular complexity index is 473. The molecule has 0 fully saturated rings. The molecule has 4 heteroatoms. The molecule has 2 aromatic heterocycles. The number of ketones is 1. The van der Waals surface area contributed by atoms with Crippen LogP contribution >= 0.6 is 0 Å². The number of hydrogen-bond donors (Lipinski definition) is 0. The average molecular weight is 175 g/mol. The smallest absolute Gasteiger partial charge is 0.179 e. The van der Waals surface area contributed by atoms with E-state index in [-0.39, 0.29) is 5.78 Å². The first kappa shape index (κ1) is 7.91. The standard InChI is InChI=1S/C9H9N3O/c1-6(13)8-5-10-9-7(11-8)3-4-12(9)2/h3-5H,1-2H3. The number of carbonyl (C=O) groups is 1. The summed E-state index contributed by atoms with van der Waals surface area (Å²) in [5.74, 6) is -0.0572. The molecular formula is C9H9N3O. The molecule has 0 amide bonds. The summed E-state index contributed by atoms with van der Waals surface area (Å²) in [5.41, 5.74) is 1.97. The van der Waals surface area contributed by atoms with Crippen LogP contribution in [0.5, 0.6) is 0 Å². The lowest BCUT2D eigenvalue weighted by molar-refractivity contribution is 0.101. The van der Waals surface area contributed by atoms with Gasteiger partial charge < -0.3 is 4.57 Å². The molecular weight excluding hydrogens is 166 g/mol. The third-order valence-corrected chi connectivity index (χ3v) is 1.93. The minimum atomic E-state index is -0.0572. The Balaban J connectivity index is 2.70. The molecule has 0 bridgehead atoms. The monoisotopic (exact) mass is 175 g/mol. The Hall–Kier alpha value is -1.71. The van der Waals surface area contributed by atoms with E-state index in [0.717, 1.165) is 11.2 Å². The Morgan fingerprint density at radius 1 is 1.54 bits per heavy atom. The molecule has 0 aliphatic rings. The van der Waals surface area contributed by atoms with Crippen LogP contribution in [0.25, 0.3) is 11.2 Å². The molecule has 0 aliphatic heterocycles. The molecule has 2 rings (SSSR count). The van der Waals surface area contributed by atoms with Gasteiger partial charge >= 0.3 is 0 Å². The quantitative estimate of drug-likeness (QED) is 0.611. The molecule has 0 unspecified atom stereocenters. The van der Waals surface area contributed by atoms with E-state index < -0.39 is 0 Å². The highest BCUT2D eigenvalue weighted by atomic mass is 16.1. The number of nitrogens with zero attached hydrogens (tertiary/aromatic N) is 3. The van der Waals surface area contributed by atoms with Crippen LogP contribution in [0.15, 0.2) is 18.5 Å². The maximum atomic E-state index is 11.0. The highest BCUT2D eigenvalue weighted by Gasteiger charge is 2.05. The van der Waals surface area contributed by atoms with Gasteiger partial charge in [-0.25, -0.2) is 9.97 Å². The molecule has 0 radical (unpaired) electrons. The third kappa shape index (κ3) is 1.20. The van der Waals surface area contributed by atoms with Crippen molar-refractivity contribution >= 4 is 16.9 Å². The molecule has 0 aromatic carbocycles. The van der Waals surface area contributed by atoms with Crippen molar-refractivity contribution in [2.24, 2.45) is 7.05 Å². The van der Waals surface area contributed by atoms with Crippen molar-refractivity contribution in [2.45, 2.75) is 6.92 Å². The lowest BCUT2D eigenvalue weighted by atomic mass is 10.3. The largest absolute Gasteiger partial charge is 0.334 e. The van der Waals surface area contributed by atoms with Gasteiger partial charge in [0.15, 0.2) is 11.4 Å². The average Bonchev–Trinajstić information content (AvgIpc) is 2.47. The second kappa shape index (κ2) is 2.65. The molecule has 0 saturated carbocycles. The van der Waals surface area contributed by atoms with Crippen molar-refractivity contribution in [1.82, 2.24) is 14.5 Å². The van der Waals surface area contributed by atoms with Crippen molar-refractivity contribution in [2.75, 3.05) is 0 Å². The zero-order chi connectivity index (χ0) is 9.42. The number of Topliss-reactive ketones (excluding diaryl/α,β-unsaturated/α-hetero) is 1. The SMILES string of the molecule is CC(=O)c1cnc2c(ccn2C)n1. The van der Waals surface area contributed by atoms with Gasteiger partial charge in [-0.3, -0.25) is 4.79 Å². The van der Waals surface area contributed by atoms with Crippen molar-refractivity contribution < 1.29 is 4.79 Å². The van der Waals surface area contributed by atoms with Gasteiger partial charge in [0, 0.05) is 20.2 Å². The van der Waals surface area contributed by atoms with Crippen LogP contribution in [0.4, 0.5) is 0 Å². The molecule has 0 aliphatic carbocycles. The molecule has 4 nitrogen and oxygen atoms in total. The fraction of sp³-hybridized carbons (Fsp3) is 0.222. The van der Waals surface area contributed by atoms with Crippen LogP contribution in [0.1, 0.15) is 17.4 Å². The molecule has 66 valence electrons. The third-order valence-electron chi connectivity index (χ3n) is 1.93. The lowest BCUT2D eigenvalue weighted by Gasteiger charge is -1.96. The Labute approximate surface area is 75.2 Å². The number of aromatic nitrogens is 3. The van der Waals surface area contributed by atoms with Gasteiger partial charge in [-0.15, -0.1) is 0 Å². The summed E-state index contributed by atoms with van der Waals surface area (Å²) >= 11 is 0. The normalized spacial score (nSPS) is 10.6. The highest BCUT2D eigenvalue weighted by molar-refractivity contribution is 5.93. The minimum absolute atomic E-state index is 0.0572. The fourth-order valence-electron chi connectivity index (χ4n) is 1.20. The van der Waals surface area contributed by atoms with Crippen LogP contribution in [0.3, 0.4) is 0 Å². The molecule has 0 saturated heterocycles. The number of rotatable bonds is 1. The van der Waals surface area contributed by atoms with Crippen molar-refractivity contribution in [1.29, 1.82) is 0 Å². The highest BCUT2D eigenvalue weighted by Crippen LogP contribution is 2.09. The van der Waals surface area contributed by atoms with Gasteiger partial charge in [-0.2, -0.15) is 0 Å². The second-order valence-corrected chi connectivity index (χ2v) is 2.95. The molecule has 13 heavy (non-hydrogen) atoms. The number of carbonyl (C=O) groups excluding carboxylic acids is 1. The van der Waals surface area contributed by atoms with Gasteiger partial charge in [0.2, 0.25) is 0 Å². The fourth-order valence-corrected chi connectivity index (χ4v) is 1.20. The van der Waals surface area contributed by atoms with E-state index in [9.17, 15) is 4.79 Å². The summed E-state index contributed by atoms with van der Waals surface area (Å²) < 4.78 is 1.87. The molecule has 2 heterocycles. The van der Waals surface area contributed by atoms with Crippen molar-refractivity contribution in [3.8, 4) is 0 Å². The van der Waals surface area contributed by atoms with Crippen LogP contribution in [-0.2, 0) is 7.05 Å². The van der Waals surface area contributed by atoms with Crippen molar-refractivity contribution in [3.05, 3.63) is 24.2 Å². The zero-order valence-electron chi connectivity index (χ0n) is 7.48. The lowest BCUT2D eigenvalue weighted by Crippen LogP contribution is -1.98.